The fraction of sp³-hybridized carbons (Fsp3) is 0.211. The molecule has 0 fully saturated rings. The molecule has 1 aromatic heterocycles. The van der Waals surface area contributed by atoms with Gasteiger partial charge < -0.3 is 14.6 Å². The maximum Gasteiger partial charge on any atom is 0.343 e. The van der Waals surface area contributed by atoms with Crippen molar-refractivity contribution in [3.05, 3.63) is 65.9 Å². The average Bonchev–Trinajstić information content (AvgIpc) is 2.99. The van der Waals surface area contributed by atoms with Crippen molar-refractivity contribution in [3.63, 3.8) is 0 Å². The third kappa shape index (κ3) is 3.64. The number of nitrogens with one attached hydrogen (secondary N) is 1. The van der Waals surface area contributed by atoms with E-state index in [4.69, 9.17) is 4.74 Å². The second-order valence-electron chi connectivity index (χ2n) is 7.13. The number of fused-ring (bicyclic) bond motifs is 1. The summed E-state index contributed by atoms with van der Waals surface area (Å²) in [7, 11) is 8.55. The third-order valence-corrected chi connectivity index (χ3v) is 4.80. The number of aromatic nitrogens is 1. The SMILES string of the molecule is BC(B)(Cc1c[nH]c2cccc(OC(=O)c3ccccc3)c12)N(C)C. The molecule has 1 N–H and O–H groups in total. The predicted octanol–water partition coefficient (Wildman–Crippen LogP) is 1.41. The first-order valence-corrected chi connectivity index (χ1v) is 8.42. The highest BCUT2D eigenvalue weighted by Crippen LogP contribution is 2.31. The van der Waals surface area contributed by atoms with Gasteiger partial charge in [0.25, 0.3) is 0 Å². The highest BCUT2D eigenvalue weighted by molar-refractivity contribution is 6.40. The molecule has 4 nitrogen and oxygen atoms in total. The van der Waals surface area contributed by atoms with Gasteiger partial charge in [0.05, 0.1) is 5.56 Å². The Morgan fingerprint density at radius 2 is 1.84 bits per heavy atom. The number of ether oxygens (including phenoxy) is 1. The number of nitrogens with zero attached hydrogens (tertiary/aromatic N) is 1. The monoisotopic (exact) mass is 332 g/mol. The fourth-order valence-electron chi connectivity index (χ4n) is 2.80. The summed E-state index contributed by atoms with van der Waals surface area (Å²) in [5, 5.41) is 0.966. The van der Waals surface area contributed by atoms with E-state index in [0.29, 0.717) is 11.3 Å². The fourth-order valence-corrected chi connectivity index (χ4v) is 2.80. The standard InChI is InChI=1S/C19H22B2N2O2/c1-23(2)19(20,21)11-14-12-22-15-9-6-10-16(17(14)15)25-18(24)13-7-4-3-5-8-13/h3-10,12,22H,11,20-21H2,1-2H3. The van der Waals surface area contributed by atoms with Crippen molar-refractivity contribution in [3.8, 4) is 5.75 Å². The zero-order chi connectivity index (χ0) is 18.0. The third-order valence-electron chi connectivity index (χ3n) is 4.80. The van der Waals surface area contributed by atoms with Crippen LogP contribution in [0.25, 0.3) is 10.9 Å². The molecule has 0 saturated carbocycles. The highest BCUT2D eigenvalue weighted by atomic mass is 16.5. The Labute approximate surface area is 150 Å². The van der Waals surface area contributed by atoms with E-state index in [1.165, 1.54) is 0 Å². The molecular weight excluding hydrogens is 310 g/mol. The van der Waals surface area contributed by atoms with Crippen LogP contribution in [-0.2, 0) is 6.42 Å². The summed E-state index contributed by atoms with van der Waals surface area (Å²) in [4.78, 5) is 17.9. The Kier molecular flexibility index (Phi) is 4.73. The molecule has 3 rings (SSSR count). The van der Waals surface area contributed by atoms with E-state index in [1.807, 2.05) is 42.6 Å². The van der Waals surface area contributed by atoms with E-state index >= 15 is 0 Å². The molecular formula is C19H22B2N2O2. The highest BCUT2D eigenvalue weighted by Gasteiger charge is 2.24. The van der Waals surface area contributed by atoms with Gasteiger partial charge in [0.15, 0.2) is 0 Å². The number of hydrogen-bond acceptors (Lipinski definition) is 3. The number of likely N-dealkylation sites (N-methyl/N-ethyl adjacent to an activating group) is 1. The van der Waals surface area contributed by atoms with Gasteiger partial charge in [0.1, 0.15) is 21.4 Å². The van der Waals surface area contributed by atoms with E-state index in [9.17, 15) is 4.79 Å². The normalized spacial score (nSPS) is 11.8. The summed E-state index contributed by atoms with van der Waals surface area (Å²) in [5.74, 6) is 0.254. The first kappa shape index (κ1) is 17.4. The number of hydrogen-bond donors (Lipinski definition) is 1. The van der Waals surface area contributed by atoms with Crippen LogP contribution in [0.5, 0.6) is 5.75 Å². The molecule has 6 heteroatoms. The molecule has 0 aliphatic carbocycles. The van der Waals surface area contributed by atoms with Gasteiger partial charge in [-0.1, -0.05) is 24.3 Å². The molecule has 0 radical (unpaired) electrons. The Morgan fingerprint density at radius 3 is 2.52 bits per heavy atom. The summed E-state index contributed by atoms with van der Waals surface area (Å²) < 4.78 is 5.72. The number of benzene rings is 2. The molecule has 126 valence electrons. The minimum Gasteiger partial charge on any atom is -0.422 e. The number of rotatable bonds is 5. The average molecular weight is 332 g/mol. The van der Waals surface area contributed by atoms with Crippen LogP contribution in [0.1, 0.15) is 15.9 Å². The molecule has 0 unspecified atom stereocenters. The molecule has 0 amide bonds. The van der Waals surface area contributed by atoms with E-state index in [2.05, 4.69) is 39.7 Å². The van der Waals surface area contributed by atoms with Crippen molar-refractivity contribution in [2.24, 2.45) is 0 Å². The lowest BCUT2D eigenvalue weighted by atomic mass is 9.58. The minimum atomic E-state index is -0.341. The van der Waals surface area contributed by atoms with Crippen LogP contribution in [0, 0.1) is 0 Å². The van der Waals surface area contributed by atoms with Crippen LogP contribution >= 0.6 is 0 Å². The van der Waals surface area contributed by atoms with Gasteiger partial charge in [-0.2, -0.15) is 0 Å². The van der Waals surface area contributed by atoms with Crippen LogP contribution in [0.4, 0.5) is 0 Å². The quantitative estimate of drug-likeness (QED) is 0.437. The zero-order valence-corrected chi connectivity index (χ0v) is 15.2. The lowest BCUT2D eigenvalue weighted by Gasteiger charge is -2.33. The van der Waals surface area contributed by atoms with E-state index in [1.54, 1.807) is 12.1 Å². The maximum atomic E-state index is 12.4. The Morgan fingerprint density at radius 1 is 1.12 bits per heavy atom. The molecule has 3 aromatic rings. The topological polar surface area (TPSA) is 45.3 Å². The first-order chi connectivity index (χ1) is 11.9. The van der Waals surface area contributed by atoms with Gasteiger partial charge >= 0.3 is 5.97 Å². The number of aromatic amines is 1. The summed E-state index contributed by atoms with van der Waals surface area (Å²) in [5.41, 5.74) is 2.67. The smallest absolute Gasteiger partial charge is 0.343 e. The largest absolute Gasteiger partial charge is 0.422 e. The van der Waals surface area contributed by atoms with Gasteiger partial charge in [-0.15, -0.1) is 0 Å². The van der Waals surface area contributed by atoms with Gasteiger partial charge in [-0.3, -0.25) is 0 Å². The molecule has 0 aliphatic heterocycles. The van der Waals surface area contributed by atoms with Crippen LogP contribution in [0.15, 0.2) is 54.7 Å². The first-order valence-electron chi connectivity index (χ1n) is 8.42. The van der Waals surface area contributed by atoms with Crippen molar-refractivity contribution in [1.82, 2.24) is 9.88 Å². The predicted molar refractivity (Wildman–Crippen MR) is 107 cm³/mol. The van der Waals surface area contributed by atoms with Crippen LogP contribution in [0.3, 0.4) is 0 Å². The summed E-state index contributed by atoms with van der Waals surface area (Å²) in [6, 6.07) is 14.8. The van der Waals surface area contributed by atoms with E-state index in [0.717, 1.165) is 22.9 Å². The molecule has 0 bridgehead atoms. The minimum absolute atomic E-state index is 0.00826. The van der Waals surface area contributed by atoms with Crippen molar-refractivity contribution >= 4 is 32.6 Å². The van der Waals surface area contributed by atoms with Gasteiger partial charge in [-0.05, 0) is 55.7 Å². The number of carbonyl (C=O) groups is 1. The zero-order valence-electron chi connectivity index (χ0n) is 15.2. The summed E-state index contributed by atoms with van der Waals surface area (Å²) in [6.07, 6.45) is 2.86. The van der Waals surface area contributed by atoms with Crippen LogP contribution in [-0.4, -0.2) is 51.0 Å². The Bertz CT molecular complexity index is 889. The molecule has 0 saturated heterocycles. The van der Waals surface area contributed by atoms with Gasteiger partial charge in [0, 0.05) is 17.1 Å². The summed E-state index contributed by atoms with van der Waals surface area (Å²) in [6.45, 7) is 0. The van der Waals surface area contributed by atoms with Gasteiger partial charge in [-0.25, -0.2) is 4.79 Å². The molecule has 0 aliphatic rings. The van der Waals surface area contributed by atoms with Crippen molar-refractivity contribution in [2.45, 2.75) is 11.8 Å². The lowest BCUT2D eigenvalue weighted by Crippen LogP contribution is -2.47. The number of carbonyl (C=O) groups excluding carboxylic acids is 1. The molecule has 0 spiro atoms. The van der Waals surface area contributed by atoms with Crippen LogP contribution < -0.4 is 4.74 Å². The van der Waals surface area contributed by atoms with Crippen molar-refractivity contribution in [1.29, 1.82) is 0 Å². The van der Waals surface area contributed by atoms with E-state index in [-0.39, 0.29) is 11.3 Å². The molecule has 0 atom stereocenters. The van der Waals surface area contributed by atoms with Crippen molar-refractivity contribution in [2.75, 3.05) is 14.1 Å². The molecule has 25 heavy (non-hydrogen) atoms. The second kappa shape index (κ2) is 6.81. The van der Waals surface area contributed by atoms with Crippen molar-refractivity contribution < 1.29 is 9.53 Å². The maximum absolute atomic E-state index is 12.4. The Hall–Kier alpha value is -2.46. The molecule has 2 aromatic carbocycles. The van der Waals surface area contributed by atoms with E-state index < -0.39 is 0 Å². The van der Waals surface area contributed by atoms with Gasteiger partial charge in [0.2, 0.25) is 0 Å². The molecule has 1 heterocycles. The van der Waals surface area contributed by atoms with Crippen LogP contribution in [0.2, 0.25) is 0 Å². The number of esters is 1. The number of H-pyrrole nitrogens is 1. The lowest BCUT2D eigenvalue weighted by molar-refractivity contribution is 0.0737. The Balaban J connectivity index is 1.96. The second-order valence-corrected chi connectivity index (χ2v) is 7.13. The summed E-state index contributed by atoms with van der Waals surface area (Å²) >= 11 is 0.